The highest BCUT2D eigenvalue weighted by atomic mass is 79.9. The number of halogens is 1. The fraction of sp³-hybridized carbons (Fsp3) is 0.800. The van der Waals surface area contributed by atoms with Gasteiger partial charge in [0.15, 0.2) is 0 Å². The SMILES string of the molecule is CCCCN(Br)C=O. The molecule has 1 amide bonds. The van der Waals surface area contributed by atoms with E-state index in [9.17, 15) is 4.79 Å². The van der Waals surface area contributed by atoms with E-state index in [0.717, 1.165) is 25.8 Å². The predicted molar refractivity (Wildman–Crippen MR) is 36.6 cm³/mol. The molecule has 0 aromatic carbocycles. The number of unbranched alkanes of at least 4 members (excludes halogenated alkanes) is 1. The van der Waals surface area contributed by atoms with E-state index in [1.165, 1.54) is 3.93 Å². The van der Waals surface area contributed by atoms with Crippen molar-refractivity contribution in [2.24, 2.45) is 0 Å². The Bertz CT molecular complexity index is 67.4. The zero-order valence-corrected chi connectivity index (χ0v) is 6.52. The lowest BCUT2D eigenvalue weighted by atomic mass is 10.3. The Morgan fingerprint density at radius 1 is 1.75 bits per heavy atom. The first kappa shape index (κ1) is 7.95. The summed E-state index contributed by atoms with van der Waals surface area (Å²) in [6, 6.07) is 0. The maximum absolute atomic E-state index is 9.89. The van der Waals surface area contributed by atoms with E-state index >= 15 is 0 Å². The molecule has 0 rings (SSSR count). The van der Waals surface area contributed by atoms with Gasteiger partial charge in [0, 0.05) is 6.54 Å². The predicted octanol–water partition coefficient (Wildman–Crippen LogP) is 1.55. The number of nitrogens with zero attached hydrogens (tertiary/aromatic N) is 1. The van der Waals surface area contributed by atoms with Crippen molar-refractivity contribution >= 4 is 22.6 Å². The van der Waals surface area contributed by atoms with Crippen LogP contribution >= 0.6 is 16.1 Å². The molecule has 0 aromatic rings. The second-order valence-electron chi connectivity index (χ2n) is 1.58. The molecule has 8 heavy (non-hydrogen) atoms. The molecule has 0 saturated heterocycles. The first-order valence-electron chi connectivity index (χ1n) is 2.69. The molecule has 0 aliphatic rings. The molecular formula is C5H10BrNO. The minimum atomic E-state index is 0.773. The minimum absolute atomic E-state index is 0.773. The summed E-state index contributed by atoms with van der Waals surface area (Å²) in [5.74, 6) is 0. The summed E-state index contributed by atoms with van der Waals surface area (Å²) in [6.45, 7) is 2.89. The van der Waals surface area contributed by atoms with E-state index in [1.807, 2.05) is 0 Å². The average Bonchev–Trinajstić information content (AvgIpc) is 1.83. The molecule has 0 unspecified atom stereocenters. The van der Waals surface area contributed by atoms with Gasteiger partial charge in [0.2, 0.25) is 6.41 Å². The van der Waals surface area contributed by atoms with Gasteiger partial charge in [-0.3, -0.25) is 8.72 Å². The van der Waals surface area contributed by atoms with E-state index in [2.05, 4.69) is 23.1 Å². The Balaban J connectivity index is 2.98. The molecule has 0 aliphatic carbocycles. The van der Waals surface area contributed by atoms with Crippen LogP contribution in [0, 0.1) is 0 Å². The van der Waals surface area contributed by atoms with Gasteiger partial charge in [0.05, 0.1) is 16.1 Å². The second kappa shape index (κ2) is 5.09. The number of amides is 1. The quantitative estimate of drug-likeness (QED) is 0.474. The Kier molecular flexibility index (Phi) is 5.06. The van der Waals surface area contributed by atoms with Crippen LogP contribution in [0.3, 0.4) is 0 Å². The first-order valence-corrected chi connectivity index (χ1v) is 3.40. The van der Waals surface area contributed by atoms with Crippen molar-refractivity contribution < 1.29 is 4.79 Å². The van der Waals surface area contributed by atoms with Crippen LogP contribution in [0.2, 0.25) is 0 Å². The zero-order valence-electron chi connectivity index (χ0n) is 4.93. The molecule has 48 valence electrons. The van der Waals surface area contributed by atoms with Crippen molar-refractivity contribution in [1.82, 2.24) is 3.93 Å². The second-order valence-corrected chi connectivity index (χ2v) is 2.49. The van der Waals surface area contributed by atoms with Crippen molar-refractivity contribution in [2.45, 2.75) is 19.8 Å². The van der Waals surface area contributed by atoms with Gasteiger partial charge in [-0.05, 0) is 6.42 Å². The highest BCUT2D eigenvalue weighted by molar-refractivity contribution is 9.07. The van der Waals surface area contributed by atoms with E-state index in [-0.39, 0.29) is 0 Å². The normalized spacial score (nSPS) is 8.75. The van der Waals surface area contributed by atoms with E-state index in [1.54, 1.807) is 0 Å². The van der Waals surface area contributed by atoms with Gasteiger partial charge >= 0.3 is 0 Å². The highest BCUT2D eigenvalue weighted by Gasteiger charge is 1.90. The van der Waals surface area contributed by atoms with Crippen molar-refractivity contribution in [3.63, 3.8) is 0 Å². The number of carbonyl (C=O) groups excluding carboxylic acids is 1. The Labute approximate surface area is 58.2 Å². The number of rotatable bonds is 4. The molecule has 0 bridgehead atoms. The van der Waals surface area contributed by atoms with Gasteiger partial charge < -0.3 is 0 Å². The molecule has 0 heterocycles. The molecule has 0 radical (unpaired) electrons. The summed E-state index contributed by atoms with van der Waals surface area (Å²) < 4.78 is 1.47. The summed E-state index contributed by atoms with van der Waals surface area (Å²) in [7, 11) is 0. The van der Waals surface area contributed by atoms with Crippen molar-refractivity contribution in [3.05, 3.63) is 0 Å². The van der Waals surface area contributed by atoms with Gasteiger partial charge in [0.1, 0.15) is 0 Å². The minimum Gasteiger partial charge on any atom is -0.282 e. The largest absolute Gasteiger partial charge is 0.282 e. The number of carbonyl (C=O) groups is 1. The standard InChI is InChI=1S/C5H10BrNO/c1-2-3-4-7(6)5-8/h5H,2-4H2,1H3. The Morgan fingerprint density at radius 2 is 2.38 bits per heavy atom. The van der Waals surface area contributed by atoms with Crippen molar-refractivity contribution in [1.29, 1.82) is 0 Å². The van der Waals surface area contributed by atoms with Crippen LogP contribution in [0.1, 0.15) is 19.8 Å². The molecule has 0 aliphatic heterocycles. The molecule has 0 saturated carbocycles. The molecule has 2 nitrogen and oxygen atoms in total. The third kappa shape index (κ3) is 4.12. The number of hydrogen-bond donors (Lipinski definition) is 0. The smallest absolute Gasteiger partial charge is 0.219 e. The van der Waals surface area contributed by atoms with Crippen molar-refractivity contribution in [3.8, 4) is 0 Å². The molecule has 0 aromatic heterocycles. The van der Waals surface area contributed by atoms with Gasteiger partial charge in [-0.15, -0.1) is 0 Å². The summed E-state index contributed by atoms with van der Waals surface area (Å²) >= 11 is 3.04. The molecule has 0 N–H and O–H groups in total. The summed E-state index contributed by atoms with van der Waals surface area (Å²) in [5.41, 5.74) is 0. The van der Waals surface area contributed by atoms with Crippen LogP contribution in [0.15, 0.2) is 0 Å². The lowest BCUT2D eigenvalue weighted by Gasteiger charge is -2.03. The molecular weight excluding hydrogens is 170 g/mol. The summed E-state index contributed by atoms with van der Waals surface area (Å²) in [4.78, 5) is 9.89. The van der Waals surface area contributed by atoms with Gasteiger partial charge in [-0.25, -0.2) is 0 Å². The first-order chi connectivity index (χ1) is 3.81. The Morgan fingerprint density at radius 3 is 2.75 bits per heavy atom. The fourth-order valence-electron chi connectivity index (χ4n) is 0.362. The molecule has 0 fully saturated rings. The van der Waals surface area contributed by atoms with Crippen LogP contribution in [0.4, 0.5) is 0 Å². The third-order valence-electron chi connectivity index (χ3n) is 0.840. The highest BCUT2D eigenvalue weighted by Crippen LogP contribution is 1.95. The molecule has 0 spiro atoms. The van der Waals surface area contributed by atoms with Gasteiger partial charge in [-0.1, -0.05) is 13.3 Å². The summed E-state index contributed by atoms with van der Waals surface area (Å²) in [5, 5.41) is 0. The van der Waals surface area contributed by atoms with Crippen LogP contribution < -0.4 is 0 Å². The topological polar surface area (TPSA) is 20.3 Å². The maximum atomic E-state index is 9.89. The van der Waals surface area contributed by atoms with Crippen LogP contribution in [0.25, 0.3) is 0 Å². The van der Waals surface area contributed by atoms with E-state index in [4.69, 9.17) is 0 Å². The average molecular weight is 180 g/mol. The van der Waals surface area contributed by atoms with Crippen molar-refractivity contribution in [2.75, 3.05) is 6.54 Å². The maximum Gasteiger partial charge on any atom is 0.219 e. The van der Waals surface area contributed by atoms with Gasteiger partial charge in [-0.2, -0.15) is 0 Å². The lowest BCUT2D eigenvalue weighted by molar-refractivity contribution is -0.113. The van der Waals surface area contributed by atoms with Gasteiger partial charge in [0.25, 0.3) is 0 Å². The fourth-order valence-corrected chi connectivity index (χ4v) is 0.613. The molecule has 3 heteroatoms. The number of hydrogen-bond acceptors (Lipinski definition) is 1. The van der Waals surface area contributed by atoms with Crippen LogP contribution in [-0.2, 0) is 4.79 Å². The lowest BCUT2D eigenvalue weighted by Crippen LogP contribution is -2.08. The summed E-state index contributed by atoms with van der Waals surface area (Å²) in [6.07, 6.45) is 2.95. The van der Waals surface area contributed by atoms with E-state index < -0.39 is 0 Å². The van der Waals surface area contributed by atoms with Crippen LogP contribution in [-0.4, -0.2) is 16.9 Å². The molecule has 0 atom stereocenters. The van der Waals surface area contributed by atoms with E-state index in [0.29, 0.717) is 0 Å². The third-order valence-corrected chi connectivity index (χ3v) is 1.36. The zero-order chi connectivity index (χ0) is 6.41. The van der Waals surface area contributed by atoms with Crippen LogP contribution in [0.5, 0.6) is 0 Å². The monoisotopic (exact) mass is 179 g/mol. The Hall–Kier alpha value is -0.0500.